The number of ether oxygens (including phenoxy) is 2. The summed E-state index contributed by atoms with van der Waals surface area (Å²) in [5.41, 5.74) is 0.573. The van der Waals surface area contributed by atoms with Crippen molar-refractivity contribution in [1.29, 1.82) is 0 Å². The fourth-order valence-electron chi connectivity index (χ4n) is 3.45. The Morgan fingerprint density at radius 2 is 1.81 bits per heavy atom. The van der Waals surface area contributed by atoms with Crippen LogP contribution in [0, 0.1) is 11.6 Å². The first-order chi connectivity index (χ1) is 12.6. The number of anilines is 1. The van der Waals surface area contributed by atoms with E-state index in [1.807, 2.05) is 0 Å². The highest BCUT2D eigenvalue weighted by Gasteiger charge is 2.31. The number of benzene rings is 2. The van der Waals surface area contributed by atoms with Crippen molar-refractivity contribution in [3.05, 3.63) is 53.6 Å². The lowest BCUT2D eigenvalue weighted by molar-refractivity contribution is 0.172. The van der Waals surface area contributed by atoms with Crippen LogP contribution in [-0.4, -0.2) is 37.2 Å². The summed E-state index contributed by atoms with van der Waals surface area (Å²) >= 11 is 0. The molecule has 2 amide bonds. The Hall–Kier alpha value is -2.83. The van der Waals surface area contributed by atoms with Crippen LogP contribution in [-0.2, 0) is 0 Å². The molecule has 26 heavy (non-hydrogen) atoms. The van der Waals surface area contributed by atoms with Gasteiger partial charge in [0.1, 0.15) is 24.8 Å². The van der Waals surface area contributed by atoms with Gasteiger partial charge in [-0.1, -0.05) is 12.1 Å². The minimum absolute atomic E-state index is 0.0524. The van der Waals surface area contributed by atoms with E-state index in [1.54, 1.807) is 23.1 Å². The van der Waals surface area contributed by atoms with Gasteiger partial charge in [0.25, 0.3) is 0 Å². The number of hydrogen-bond donors (Lipinski definition) is 1. The van der Waals surface area contributed by atoms with Gasteiger partial charge in [-0.3, -0.25) is 0 Å². The monoisotopic (exact) mass is 360 g/mol. The van der Waals surface area contributed by atoms with E-state index in [-0.39, 0.29) is 24.1 Å². The van der Waals surface area contributed by atoms with E-state index in [1.165, 1.54) is 18.2 Å². The molecular weight excluding hydrogens is 342 g/mol. The van der Waals surface area contributed by atoms with Crippen LogP contribution in [0.2, 0.25) is 0 Å². The van der Waals surface area contributed by atoms with E-state index in [2.05, 4.69) is 5.32 Å². The normalized spacial score (nSPS) is 18.7. The van der Waals surface area contributed by atoms with Gasteiger partial charge in [0, 0.05) is 24.6 Å². The predicted molar refractivity (Wildman–Crippen MR) is 91.7 cm³/mol. The third-order valence-electron chi connectivity index (χ3n) is 4.69. The molecule has 1 unspecified atom stereocenters. The third kappa shape index (κ3) is 3.05. The second kappa shape index (κ2) is 6.82. The average Bonchev–Trinajstić information content (AvgIpc) is 3.12. The quantitative estimate of drug-likeness (QED) is 0.887. The number of fused-ring (bicyclic) bond motifs is 1. The molecule has 1 N–H and O–H groups in total. The second-order valence-corrected chi connectivity index (χ2v) is 6.33. The Bertz CT molecular complexity index is 823. The molecule has 5 nitrogen and oxygen atoms in total. The number of rotatable bonds is 2. The van der Waals surface area contributed by atoms with E-state index in [0.717, 1.165) is 0 Å². The standard InChI is InChI=1S/C19H18F2N2O3/c20-13-3-1-4-14(21)17(13)12-7-8-23(11-12)19(24)22-15-5-2-6-16-18(15)26-10-9-25-16/h1-6,12H,7-11H2,(H,22,24). The summed E-state index contributed by atoms with van der Waals surface area (Å²) in [4.78, 5) is 14.1. The van der Waals surface area contributed by atoms with Crippen molar-refractivity contribution >= 4 is 11.7 Å². The lowest BCUT2D eigenvalue weighted by atomic mass is 9.97. The van der Waals surface area contributed by atoms with Crippen LogP contribution >= 0.6 is 0 Å². The molecule has 2 aliphatic heterocycles. The molecule has 0 spiro atoms. The number of para-hydroxylation sites is 1. The molecule has 2 aromatic rings. The topological polar surface area (TPSA) is 50.8 Å². The van der Waals surface area contributed by atoms with Gasteiger partial charge in [-0.15, -0.1) is 0 Å². The molecule has 2 heterocycles. The first kappa shape index (κ1) is 16.6. The smallest absolute Gasteiger partial charge is 0.321 e. The maximum Gasteiger partial charge on any atom is 0.321 e. The molecular formula is C19H18F2N2O3. The molecule has 0 bridgehead atoms. The van der Waals surface area contributed by atoms with Crippen molar-refractivity contribution in [2.45, 2.75) is 12.3 Å². The van der Waals surface area contributed by atoms with Gasteiger partial charge in [0.05, 0.1) is 5.69 Å². The lowest BCUT2D eigenvalue weighted by Crippen LogP contribution is -2.33. The number of amides is 2. The molecule has 0 aromatic heterocycles. The van der Waals surface area contributed by atoms with Crippen LogP contribution in [0.4, 0.5) is 19.3 Å². The molecule has 0 aliphatic carbocycles. The van der Waals surface area contributed by atoms with Crippen molar-refractivity contribution in [3.63, 3.8) is 0 Å². The highest BCUT2D eigenvalue weighted by Crippen LogP contribution is 2.38. The summed E-state index contributed by atoms with van der Waals surface area (Å²) in [5.74, 6) is -0.407. The largest absolute Gasteiger partial charge is 0.486 e. The average molecular weight is 360 g/mol. The van der Waals surface area contributed by atoms with Crippen LogP contribution in [0.5, 0.6) is 11.5 Å². The van der Waals surface area contributed by atoms with Crippen LogP contribution in [0.3, 0.4) is 0 Å². The van der Waals surface area contributed by atoms with Gasteiger partial charge in [0.15, 0.2) is 11.5 Å². The second-order valence-electron chi connectivity index (χ2n) is 6.33. The Morgan fingerprint density at radius 3 is 2.62 bits per heavy atom. The molecule has 0 radical (unpaired) electrons. The molecule has 0 saturated carbocycles. The van der Waals surface area contributed by atoms with E-state index in [0.29, 0.717) is 43.4 Å². The minimum atomic E-state index is -0.570. The van der Waals surface area contributed by atoms with Crippen LogP contribution in [0.15, 0.2) is 36.4 Å². The van der Waals surface area contributed by atoms with Crippen LogP contribution in [0.25, 0.3) is 0 Å². The summed E-state index contributed by atoms with van der Waals surface area (Å²) in [6.45, 7) is 1.57. The van der Waals surface area contributed by atoms with Gasteiger partial charge in [-0.05, 0) is 30.7 Å². The third-order valence-corrected chi connectivity index (χ3v) is 4.69. The summed E-state index contributed by atoms with van der Waals surface area (Å²) in [6.07, 6.45) is 0.512. The number of nitrogens with one attached hydrogen (secondary N) is 1. The van der Waals surface area contributed by atoms with Gasteiger partial charge in [0.2, 0.25) is 0 Å². The van der Waals surface area contributed by atoms with Crippen molar-refractivity contribution in [2.75, 3.05) is 31.6 Å². The molecule has 7 heteroatoms. The van der Waals surface area contributed by atoms with Crippen LogP contribution in [0.1, 0.15) is 17.9 Å². The Balaban J connectivity index is 1.47. The number of urea groups is 1. The summed E-state index contributed by atoms with van der Waals surface area (Å²) in [5, 5.41) is 2.81. The Labute approximate surface area is 149 Å². The maximum absolute atomic E-state index is 14.0. The summed E-state index contributed by atoms with van der Waals surface area (Å²) < 4.78 is 39.0. The van der Waals surface area contributed by atoms with Gasteiger partial charge in [-0.2, -0.15) is 0 Å². The predicted octanol–water partition coefficient (Wildman–Crippen LogP) is 3.76. The van der Waals surface area contributed by atoms with Crippen molar-refractivity contribution in [3.8, 4) is 11.5 Å². The molecule has 2 aliphatic rings. The van der Waals surface area contributed by atoms with Crippen molar-refractivity contribution in [2.24, 2.45) is 0 Å². The zero-order chi connectivity index (χ0) is 18.1. The maximum atomic E-state index is 14.0. The summed E-state index contributed by atoms with van der Waals surface area (Å²) in [7, 11) is 0. The highest BCUT2D eigenvalue weighted by atomic mass is 19.1. The Morgan fingerprint density at radius 1 is 1.08 bits per heavy atom. The number of hydrogen-bond acceptors (Lipinski definition) is 3. The van der Waals surface area contributed by atoms with Gasteiger partial charge in [-0.25, -0.2) is 13.6 Å². The number of carbonyl (C=O) groups is 1. The van der Waals surface area contributed by atoms with E-state index < -0.39 is 11.6 Å². The lowest BCUT2D eigenvalue weighted by Gasteiger charge is -2.23. The van der Waals surface area contributed by atoms with Gasteiger partial charge >= 0.3 is 6.03 Å². The SMILES string of the molecule is O=C(Nc1cccc2c1OCCO2)N1CCC(c2c(F)cccc2F)C1. The van der Waals surface area contributed by atoms with E-state index in [9.17, 15) is 13.6 Å². The zero-order valence-electron chi connectivity index (χ0n) is 14.0. The highest BCUT2D eigenvalue weighted by molar-refractivity contribution is 5.92. The minimum Gasteiger partial charge on any atom is -0.486 e. The number of halogens is 2. The summed E-state index contributed by atoms with van der Waals surface area (Å²) in [6, 6.07) is 8.78. The first-order valence-electron chi connectivity index (χ1n) is 8.52. The molecule has 136 valence electrons. The number of likely N-dealkylation sites (tertiary alicyclic amines) is 1. The molecule has 2 aromatic carbocycles. The molecule has 1 fully saturated rings. The zero-order valence-corrected chi connectivity index (χ0v) is 14.0. The van der Waals surface area contributed by atoms with E-state index >= 15 is 0 Å². The number of carbonyl (C=O) groups excluding carboxylic acids is 1. The van der Waals surface area contributed by atoms with Crippen molar-refractivity contribution in [1.82, 2.24) is 4.90 Å². The van der Waals surface area contributed by atoms with E-state index in [4.69, 9.17) is 9.47 Å². The van der Waals surface area contributed by atoms with Crippen molar-refractivity contribution < 1.29 is 23.0 Å². The fourth-order valence-corrected chi connectivity index (χ4v) is 3.45. The van der Waals surface area contributed by atoms with Crippen LogP contribution < -0.4 is 14.8 Å². The molecule has 4 rings (SSSR count). The molecule has 1 atom stereocenters. The molecule has 1 saturated heterocycles. The fraction of sp³-hybridized carbons (Fsp3) is 0.316. The number of nitrogens with zero attached hydrogens (tertiary/aromatic N) is 1. The van der Waals surface area contributed by atoms with Gasteiger partial charge < -0.3 is 19.7 Å². The Kier molecular flexibility index (Phi) is 4.36. The first-order valence-corrected chi connectivity index (χ1v) is 8.52.